The predicted octanol–water partition coefficient (Wildman–Crippen LogP) is 5.02. The van der Waals surface area contributed by atoms with E-state index < -0.39 is 22.6 Å². The first kappa shape index (κ1) is 28.7. The van der Waals surface area contributed by atoms with Gasteiger partial charge in [-0.15, -0.1) is 0 Å². The highest BCUT2D eigenvalue weighted by atomic mass is 32.2. The number of piperidine rings is 1. The van der Waals surface area contributed by atoms with Gasteiger partial charge >= 0.3 is 11.7 Å². The Kier molecular flexibility index (Phi) is 9.27. The fourth-order valence-electron chi connectivity index (χ4n) is 4.93. The summed E-state index contributed by atoms with van der Waals surface area (Å²) in [6, 6.07) is 2.52. The maximum atomic E-state index is 12.7. The number of anilines is 1. The number of alkyl halides is 6. The van der Waals surface area contributed by atoms with Gasteiger partial charge in [-0.2, -0.15) is 26.3 Å². The zero-order chi connectivity index (χ0) is 27.3. The summed E-state index contributed by atoms with van der Waals surface area (Å²) in [5.74, 6) is 0.0926. The second kappa shape index (κ2) is 12.3. The van der Waals surface area contributed by atoms with E-state index in [4.69, 9.17) is 4.99 Å². The molecule has 2 aliphatic heterocycles. The molecule has 0 radical (unpaired) electrons. The monoisotopic (exact) mass is 563 g/mol. The minimum Gasteiger partial charge on any atom is -0.368 e. The minimum atomic E-state index is -4.45. The number of piperazine rings is 1. The number of likely N-dealkylation sites (tertiary alicyclic amines) is 1. The van der Waals surface area contributed by atoms with E-state index >= 15 is 0 Å². The molecule has 13 heteroatoms. The van der Waals surface area contributed by atoms with E-state index in [2.05, 4.69) is 9.88 Å². The lowest BCUT2D eigenvalue weighted by atomic mass is 10.0. The lowest BCUT2D eigenvalue weighted by Gasteiger charge is -2.36. The quantitative estimate of drug-likeness (QED) is 0.456. The maximum Gasteiger partial charge on any atom is 0.442 e. The third-order valence-electron chi connectivity index (χ3n) is 7.06. The third kappa shape index (κ3) is 8.36. The number of aliphatic imine (C=N–C) groups is 1. The van der Waals surface area contributed by atoms with Crippen molar-refractivity contribution in [3.05, 3.63) is 36.2 Å². The molecule has 1 unspecified atom stereocenters. The highest BCUT2D eigenvalue weighted by Crippen LogP contribution is 2.37. The Hall–Kier alpha value is -2.28. The number of amides is 1. The van der Waals surface area contributed by atoms with Gasteiger partial charge in [-0.25, -0.2) is 4.98 Å². The zero-order valence-corrected chi connectivity index (χ0v) is 21.7. The second-order valence-electron chi connectivity index (χ2n) is 9.71. The summed E-state index contributed by atoms with van der Waals surface area (Å²) < 4.78 is 75.7. The van der Waals surface area contributed by atoms with Crippen molar-refractivity contribution in [3.8, 4) is 0 Å². The van der Waals surface area contributed by atoms with Gasteiger partial charge < -0.3 is 9.80 Å². The van der Waals surface area contributed by atoms with E-state index in [9.17, 15) is 31.1 Å². The number of rotatable bonds is 6. The standard InChI is InChI=1S/C25H31F6N5OS/c26-24(27,28)22-6-3-20(17-32-22)35-15-13-34(14-16-35)10-9-23(37)36-11-7-19(8-12-36)33-18-1-4-21(5-2-18)38-25(29,30)31/h1,3-4,6,17,19,21H,2,5,7-16H2. The molecular formula is C25H31F6N5OS. The summed E-state index contributed by atoms with van der Waals surface area (Å²) in [5.41, 5.74) is -3.65. The minimum absolute atomic E-state index is 0.0158. The molecule has 1 aliphatic carbocycles. The third-order valence-corrected chi connectivity index (χ3v) is 8.02. The number of allylic oxidation sites excluding steroid dienone is 1. The molecule has 2 saturated heterocycles. The van der Waals surface area contributed by atoms with Crippen LogP contribution in [0, 0.1) is 0 Å². The molecule has 3 aliphatic rings. The summed E-state index contributed by atoms with van der Waals surface area (Å²) in [4.78, 5) is 27.0. The Bertz CT molecular complexity index is 997. The molecule has 6 nitrogen and oxygen atoms in total. The maximum absolute atomic E-state index is 12.7. The van der Waals surface area contributed by atoms with Crippen molar-refractivity contribution in [2.24, 2.45) is 4.99 Å². The van der Waals surface area contributed by atoms with E-state index in [1.165, 1.54) is 12.3 Å². The molecular weight excluding hydrogens is 532 g/mol. The Morgan fingerprint density at radius 3 is 2.26 bits per heavy atom. The molecule has 4 rings (SSSR count). The summed E-state index contributed by atoms with van der Waals surface area (Å²) >= 11 is 0.0158. The molecule has 38 heavy (non-hydrogen) atoms. The Morgan fingerprint density at radius 1 is 1.00 bits per heavy atom. The van der Waals surface area contributed by atoms with Gasteiger partial charge in [-0.1, -0.05) is 6.08 Å². The SMILES string of the molecule is O=C(CCN1CCN(c2ccc(C(F)(F)F)nc2)CC1)N1CCC(N=C2C=CC(SC(F)(F)F)CC2)CC1. The van der Waals surface area contributed by atoms with Crippen LogP contribution in [-0.2, 0) is 11.0 Å². The highest BCUT2D eigenvalue weighted by molar-refractivity contribution is 8.00. The molecule has 0 saturated carbocycles. The number of halogens is 6. The molecule has 3 heterocycles. The second-order valence-corrected chi connectivity index (χ2v) is 11.0. The van der Waals surface area contributed by atoms with Crippen LogP contribution >= 0.6 is 11.8 Å². The summed E-state index contributed by atoms with van der Waals surface area (Å²) in [5, 5.41) is -0.557. The molecule has 2 fully saturated rings. The van der Waals surface area contributed by atoms with Crippen LogP contribution in [0.25, 0.3) is 0 Å². The summed E-state index contributed by atoms with van der Waals surface area (Å²) in [6.07, 6.45) is 2.93. The molecule has 0 spiro atoms. The van der Waals surface area contributed by atoms with E-state index in [0.29, 0.717) is 70.8 Å². The number of hydrogen-bond acceptors (Lipinski definition) is 6. The Morgan fingerprint density at radius 2 is 1.71 bits per heavy atom. The largest absolute Gasteiger partial charge is 0.442 e. The fourth-order valence-corrected chi connectivity index (χ4v) is 5.66. The number of thioether (sulfide) groups is 1. The van der Waals surface area contributed by atoms with Crippen LogP contribution in [0.15, 0.2) is 35.5 Å². The molecule has 0 N–H and O–H groups in total. The Balaban J connectivity index is 1.14. The number of hydrogen-bond donors (Lipinski definition) is 0. The lowest BCUT2D eigenvalue weighted by molar-refractivity contribution is -0.141. The first-order valence-corrected chi connectivity index (χ1v) is 13.6. The van der Waals surface area contributed by atoms with E-state index in [0.717, 1.165) is 24.6 Å². The summed E-state index contributed by atoms with van der Waals surface area (Å²) in [7, 11) is 0. The first-order valence-electron chi connectivity index (χ1n) is 12.7. The van der Waals surface area contributed by atoms with Gasteiger partial charge in [0.25, 0.3) is 0 Å². The molecule has 1 aromatic rings. The van der Waals surface area contributed by atoms with Crippen LogP contribution in [0.5, 0.6) is 0 Å². The lowest BCUT2D eigenvalue weighted by Crippen LogP contribution is -2.48. The number of nitrogens with zero attached hydrogens (tertiary/aromatic N) is 5. The van der Waals surface area contributed by atoms with Crippen molar-refractivity contribution in [3.63, 3.8) is 0 Å². The Labute approximate surface area is 222 Å². The fraction of sp³-hybridized carbons (Fsp3) is 0.640. The van der Waals surface area contributed by atoms with Crippen molar-refractivity contribution in [2.75, 3.05) is 50.7 Å². The van der Waals surface area contributed by atoms with Gasteiger partial charge in [0.15, 0.2) is 0 Å². The van der Waals surface area contributed by atoms with Crippen LogP contribution in [0.3, 0.4) is 0 Å². The molecule has 0 aromatic carbocycles. The van der Waals surface area contributed by atoms with Gasteiger partial charge in [0.05, 0.1) is 17.9 Å². The van der Waals surface area contributed by atoms with Crippen molar-refractivity contribution >= 4 is 29.1 Å². The molecule has 210 valence electrons. The van der Waals surface area contributed by atoms with Crippen molar-refractivity contribution in [1.29, 1.82) is 0 Å². The topological polar surface area (TPSA) is 52.0 Å². The first-order chi connectivity index (χ1) is 18.0. The van der Waals surface area contributed by atoms with Gasteiger partial charge in [-0.3, -0.25) is 14.7 Å². The number of aromatic nitrogens is 1. The van der Waals surface area contributed by atoms with Gasteiger partial charge in [0.1, 0.15) is 5.69 Å². The number of carbonyl (C=O) groups excluding carboxylic acids is 1. The van der Waals surface area contributed by atoms with Crippen LogP contribution in [0.2, 0.25) is 0 Å². The zero-order valence-electron chi connectivity index (χ0n) is 20.8. The molecule has 0 bridgehead atoms. The van der Waals surface area contributed by atoms with Gasteiger partial charge in [0.2, 0.25) is 5.91 Å². The molecule has 1 aromatic heterocycles. The van der Waals surface area contributed by atoms with Crippen molar-refractivity contribution in [2.45, 2.75) is 55.1 Å². The molecule has 1 amide bonds. The van der Waals surface area contributed by atoms with Crippen molar-refractivity contribution in [1.82, 2.24) is 14.8 Å². The molecule has 1 atom stereocenters. The van der Waals surface area contributed by atoms with E-state index in [-0.39, 0.29) is 23.7 Å². The van der Waals surface area contributed by atoms with Crippen LogP contribution in [0.4, 0.5) is 32.0 Å². The normalized spacial score (nSPS) is 23.3. The van der Waals surface area contributed by atoms with Gasteiger partial charge in [-0.05, 0) is 55.7 Å². The number of pyridine rings is 1. The average molecular weight is 564 g/mol. The highest BCUT2D eigenvalue weighted by Gasteiger charge is 2.34. The smallest absolute Gasteiger partial charge is 0.368 e. The number of carbonyl (C=O) groups is 1. The summed E-state index contributed by atoms with van der Waals surface area (Å²) in [6.45, 7) is 4.58. The van der Waals surface area contributed by atoms with Gasteiger partial charge in [0, 0.05) is 63.2 Å². The van der Waals surface area contributed by atoms with Crippen LogP contribution in [0.1, 0.15) is 37.8 Å². The van der Waals surface area contributed by atoms with Crippen molar-refractivity contribution < 1.29 is 31.1 Å². The van der Waals surface area contributed by atoms with E-state index in [1.54, 1.807) is 12.2 Å². The van der Waals surface area contributed by atoms with Crippen LogP contribution < -0.4 is 4.90 Å². The van der Waals surface area contributed by atoms with E-state index in [1.807, 2.05) is 9.80 Å². The predicted molar refractivity (Wildman–Crippen MR) is 135 cm³/mol. The average Bonchev–Trinajstić information content (AvgIpc) is 2.88. The van der Waals surface area contributed by atoms with Crippen LogP contribution in [-0.4, -0.2) is 89.0 Å².